The minimum absolute atomic E-state index is 0.0371. The molecule has 190 valence electrons. The van der Waals surface area contributed by atoms with Crippen molar-refractivity contribution in [3.8, 4) is 5.75 Å². The van der Waals surface area contributed by atoms with E-state index >= 15 is 0 Å². The molecule has 1 aromatic heterocycles. The molecule has 2 aliphatic rings. The van der Waals surface area contributed by atoms with Crippen molar-refractivity contribution in [2.45, 2.75) is 19.3 Å². The molecule has 3 aromatic rings. The third kappa shape index (κ3) is 4.13. The van der Waals surface area contributed by atoms with Crippen LogP contribution in [-0.2, 0) is 20.4 Å². The Labute approximate surface area is 218 Å². The van der Waals surface area contributed by atoms with Crippen molar-refractivity contribution in [3.63, 3.8) is 0 Å². The van der Waals surface area contributed by atoms with E-state index in [9.17, 15) is 18.0 Å². The van der Waals surface area contributed by atoms with E-state index in [1.54, 1.807) is 17.0 Å². The first kappa shape index (κ1) is 24.9. The number of amides is 1. The molecule has 11 heteroatoms. The van der Waals surface area contributed by atoms with Crippen molar-refractivity contribution < 1.29 is 22.7 Å². The summed E-state index contributed by atoms with van der Waals surface area (Å²) in [6.45, 7) is 5.02. The number of halogens is 1. The lowest BCUT2D eigenvalue weighted by molar-refractivity contribution is -0.134. The van der Waals surface area contributed by atoms with E-state index < -0.39 is 15.6 Å². The highest BCUT2D eigenvalue weighted by atomic mass is 79.9. The van der Waals surface area contributed by atoms with Crippen molar-refractivity contribution in [2.24, 2.45) is 0 Å². The lowest BCUT2D eigenvalue weighted by atomic mass is 9.71. The van der Waals surface area contributed by atoms with Gasteiger partial charge in [-0.3, -0.25) is 9.59 Å². The molecule has 0 spiro atoms. The molecule has 36 heavy (non-hydrogen) atoms. The summed E-state index contributed by atoms with van der Waals surface area (Å²) in [4.78, 5) is 31.2. The third-order valence-electron chi connectivity index (χ3n) is 7.07. The molecule has 9 nitrogen and oxygen atoms in total. The Morgan fingerprint density at radius 1 is 1.14 bits per heavy atom. The Hall–Kier alpha value is -2.73. The van der Waals surface area contributed by atoms with Crippen LogP contribution in [0.1, 0.15) is 41.0 Å². The number of nitrogens with zero attached hydrogens (tertiary/aromatic N) is 2. The van der Waals surface area contributed by atoms with E-state index in [4.69, 9.17) is 4.74 Å². The molecule has 1 aliphatic heterocycles. The molecule has 0 bridgehead atoms. The highest BCUT2D eigenvalue weighted by molar-refractivity contribution is 9.10. The predicted octanol–water partition coefficient (Wildman–Crippen LogP) is 2.79. The van der Waals surface area contributed by atoms with E-state index in [1.165, 1.54) is 11.4 Å². The summed E-state index contributed by atoms with van der Waals surface area (Å²) >= 11 is 3.50. The van der Waals surface area contributed by atoms with Crippen LogP contribution in [0.15, 0.2) is 40.9 Å². The van der Waals surface area contributed by atoms with Gasteiger partial charge in [-0.2, -0.15) is 12.7 Å². The van der Waals surface area contributed by atoms with Crippen LogP contribution in [0.3, 0.4) is 0 Å². The van der Waals surface area contributed by atoms with E-state index in [0.717, 1.165) is 26.6 Å². The fourth-order valence-electron chi connectivity index (χ4n) is 5.02. The highest BCUT2D eigenvalue weighted by Gasteiger charge is 2.40. The summed E-state index contributed by atoms with van der Waals surface area (Å²) in [6, 6.07) is 11.2. The van der Waals surface area contributed by atoms with Crippen LogP contribution in [0, 0.1) is 0 Å². The normalized spacial score (nSPS) is 17.7. The van der Waals surface area contributed by atoms with Crippen LogP contribution in [0.4, 0.5) is 0 Å². The van der Waals surface area contributed by atoms with Crippen molar-refractivity contribution in [1.29, 1.82) is 0 Å². The summed E-state index contributed by atoms with van der Waals surface area (Å²) in [7, 11) is -2.13. The van der Waals surface area contributed by atoms with E-state index in [2.05, 4.69) is 39.5 Å². The molecular weight excluding hydrogens is 548 g/mol. The lowest BCUT2D eigenvalue weighted by Crippen LogP contribution is -2.53. The van der Waals surface area contributed by atoms with Gasteiger partial charge >= 0.3 is 0 Å². The second-order valence-corrected chi connectivity index (χ2v) is 12.3. The van der Waals surface area contributed by atoms with Gasteiger partial charge in [0, 0.05) is 65.3 Å². The summed E-state index contributed by atoms with van der Waals surface area (Å²) < 4.78 is 34.2. The number of fused-ring (bicyclic) bond motifs is 4. The van der Waals surface area contributed by atoms with Gasteiger partial charge in [-0.05, 0) is 35.9 Å². The van der Waals surface area contributed by atoms with Crippen LogP contribution in [0.5, 0.6) is 5.75 Å². The summed E-state index contributed by atoms with van der Waals surface area (Å²) in [6.07, 6.45) is 0. The molecule has 0 saturated carbocycles. The number of hydrogen-bond donors (Lipinski definition) is 2. The molecule has 5 rings (SSSR count). The summed E-state index contributed by atoms with van der Waals surface area (Å²) in [5.74, 6) is 0.250. The Balaban J connectivity index is 1.33. The van der Waals surface area contributed by atoms with E-state index in [-0.39, 0.29) is 31.4 Å². The molecule has 2 heterocycles. The molecule has 1 saturated heterocycles. The van der Waals surface area contributed by atoms with Crippen LogP contribution >= 0.6 is 15.9 Å². The van der Waals surface area contributed by atoms with Gasteiger partial charge in [0.15, 0.2) is 12.4 Å². The molecule has 2 N–H and O–H groups in total. The first-order chi connectivity index (χ1) is 17.0. The summed E-state index contributed by atoms with van der Waals surface area (Å²) in [5, 5.41) is 0.894. The molecule has 1 amide bonds. The highest BCUT2D eigenvalue weighted by Crippen LogP contribution is 2.44. The van der Waals surface area contributed by atoms with Gasteiger partial charge in [-0.25, -0.2) is 4.72 Å². The van der Waals surface area contributed by atoms with Crippen LogP contribution in [0.2, 0.25) is 0 Å². The first-order valence-corrected chi connectivity index (χ1v) is 13.9. The Morgan fingerprint density at radius 2 is 1.86 bits per heavy atom. The first-order valence-electron chi connectivity index (χ1n) is 11.6. The second kappa shape index (κ2) is 8.98. The van der Waals surface area contributed by atoms with E-state index in [0.29, 0.717) is 30.0 Å². The maximum Gasteiger partial charge on any atom is 0.279 e. The average Bonchev–Trinajstić information content (AvgIpc) is 3.26. The summed E-state index contributed by atoms with van der Waals surface area (Å²) in [5.41, 5.74) is 3.42. The average molecular weight is 575 g/mol. The third-order valence-corrected chi connectivity index (χ3v) is 9.13. The van der Waals surface area contributed by atoms with Gasteiger partial charge in [-0.1, -0.05) is 35.8 Å². The molecular formula is C25H27BrN4O5S. The van der Waals surface area contributed by atoms with Crippen molar-refractivity contribution >= 4 is 48.7 Å². The number of hydrogen-bond acceptors (Lipinski definition) is 5. The standard InChI is InChI=1S/C25H27BrN4O5S/c1-25(2)19-13-16(35-14-21(31)29-8-10-30(11-9-29)36(33,34)27-3)5-7-17(19)23(32)22-18-6-4-15(26)12-20(18)28-24(22)25/h4-7,12-13,27-28H,8-11,14H2,1-3H3. The smallest absolute Gasteiger partial charge is 0.279 e. The molecule has 1 fully saturated rings. The zero-order chi connectivity index (χ0) is 25.8. The number of carbonyl (C=O) groups excluding carboxylic acids is 2. The van der Waals surface area contributed by atoms with Crippen LogP contribution in [0.25, 0.3) is 10.9 Å². The Morgan fingerprint density at radius 3 is 2.56 bits per heavy atom. The van der Waals surface area contributed by atoms with Crippen molar-refractivity contribution in [3.05, 3.63) is 63.3 Å². The quantitative estimate of drug-likeness (QED) is 0.486. The van der Waals surface area contributed by atoms with Gasteiger partial charge in [0.05, 0.1) is 5.56 Å². The van der Waals surface area contributed by atoms with Crippen molar-refractivity contribution in [1.82, 2.24) is 18.9 Å². The van der Waals surface area contributed by atoms with Gasteiger partial charge in [0.25, 0.3) is 16.1 Å². The lowest BCUT2D eigenvalue weighted by Gasteiger charge is -2.34. The number of rotatable bonds is 5. The maximum atomic E-state index is 13.5. The number of aromatic nitrogens is 1. The van der Waals surface area contributed by atoms with Crippen LogP contribution in [-0.4, -0.2) is 74.1 Å². The second-order valence-electron chi connectivity index (χ2n) is 9.50. The molecule has 0 atom stereocenters. The number of H-pyrrole nitrogens is 1. The van der Waals surface area contributed by atoms with Crippen LogP contribution < -0.4 is 9.46 Å². The maximum absolute atomic E-state index is 13.5. The largest absolute Gasteiger partial charge is 0.484 e. The Kier molecular flexibility index (Phi) is 6.22. The number of nitrogens with one attached hydrogen (secondary N) is 2. The van der Waals surface area contributed by atoms with Crippen molar-refractivity contribution in [2.75, 3.05) is 39.8 Å². The topological polar surface area (TPSA) is 112 Å². The number of benzene rings is 2. The molecule has 1 aliphatic carbocycles. The van der Waals surface area contributed by atoms with Gasteiger partial charge in [0.1, 0.15) is 5.75 Å². The molecule has 0 unspecified atom stereocenters. The molecule has 0 radical (unpaired) electrons. The SMILES string of the molecule is CNS(=O)(=O)N1CCN(C(=O)COc2ccc3c(c2)C(C)(C)c2[nH]c4cc(Br)ccc4c2C3=O)CC1. The van der Waals surface area contributed by atoms with Gasteiger partial charge in [0.2, 0.25) is 0 Å². The molecule has 2 aromatic carbocycles. The number of ketones is 1. The zero-order valence-corrected chi connectivity index (χ0v) is 22.6. The fourth-order valence-corrected chi connectivity index (χ4v) is 6.28. The monoisotopic (exact) mass is 574 g/mol. The van der Waals surface area contributed by atoms with Gasteiger partial charge < -0.3 is 14.6 Å². The number of aromatic amines is 1. The minimum atomic E-state index is -3.50. The van der Waals surface area contributed by atoms with Gasteiger partial charge in [-0.15, -0.1) is 0 Å². The van der Waals surface area contributed by atoms with E-state index in [1.807, 2.05) is 24.3 Å². The number of piperazine rings is 1. The minimum Gasteiger partial charge on any atom is -0.484 e. The zero-order valence-electron chi connectivity index (χ0n) is 20.2. The number of carbonyl (C=O) groups is 2. The number of ether oxygens (including phenoxy) is 1. The fraction of sp³-hybridized carbons (Fsp3) is 0.360. The predicted molar refractivity (Wildman–Crippen MR) is 140 cm³/mol. The Bertz CT molecular complexity index is 1490.